The Morgan fingerprint density at radius 2 is 1.67 bits per heavy atom. The Balaban J connectivity index is 1.71. The van der Waals surface area contributed by atoms with Crippen LogP contribution in [0.25, 0.3) is 0 Å². The number of carbonyl (C=O) groups excluding carboxylic acids is 1. The average Bonchev–Trinajstić information content (AvgIpc) is 2.73. The molecule has 0 saturated carbocycles. The van der Waals surface area contributed by atoms with Gasteiger partial charge in [0.25, 0.3) is 0 Å². The number of nitrogens with zero attached hydrogens (tertiary/aromatic N) is 2. The van der Waals surface area contributed by atoms with E-state index in [2.05, 4.69) is 27.5 Å². The Hall–Kier alpha value is -3.61. The van der Waals surface area contributed by atoms with E-state index in [-0.39, 0.29) is 11.7 Å². The molecule has 0 saturated heterocycles. The van der Waals surface area contributed by atoms with Crippen LogP contribution in [0.1, 0.15) is 29.4 Å². The SMILES string of the molecule is COc1ccc(Nc2nc(Nc3cccc(OC)c3)nc3c2C(=O)CC(C)C3)cc1. The lowest BCUT2D eigenvalue weighted by atomic mass is 9.87. The van der Waals surface area contributed by atoms with Crippen LogP contribution < -0.4 is 20.1 Å². The van der Waals surface area contributed by atoms with E-state index in [9.17, 15) is 4.79 Å². The lowest BCUT2D eigenvalue weighted by Gasteiger charge is -2.23. The molecule has 7 heteroatoms. The third-order valence-corrected chi connectivity index (χ3v) is 5.02. The molecule has 0 fully saturated rings. The van der Waals surface area contributed by atoms with Gasteiger partial charge in [-0.3, -0.25) is 4.79 Å². The Morgan fingerprint density at radius 1 is 0.900 bits per heavy atom. The van der Waals surface area contributed by atoms with Crippen molar-refractivity contribution >= 4 is 28.9 Å². The molecule has 2 aromatic carbocycles. The second-order valence-corrected chi connectivity index (χ2v) is 7.36. The molecule has 4 rings (SSSR count). The molecule has 1 atom stereocenters. The number of methoxy groups -OCH3 is 2. The Morgan fingerprint density at radius 3 is 2.40 bits per heavy atom. The summed E-state index contributed by atoms with van der Waals surface area (Å²) >= 11 is 0. The number of ether oxygens (including phenoxy) is 2. The Kier molecular flexibility index (Phi) is 5.52. The van der Waals surface area contributed by atoms with Crippen molar-refractivity contribution < 1.29 is 14.3 Å². The second kappa shape index (κ2) is 8.41. The largest absolute Gasteiger partial charge is 0.497 e. The summed E-state index contributed by atoms with van der Waals surface area (Å²) in [6.45, 7) is 2.06. The molecule has 0 spiro atoms. The molecule has 1 unspecified atom stereocenters. The van der Waals surface area contributed by atoms with Gasteiger partial charge in [0.2, 0.25) is 5.95 Å². The minimum absolute atomic E-state index is 0.0627. The molecule has 0 aliphatic heterocycles. The third kappa shape index (κ3) is 4.20. The van der Waals surface area contributed by atoms with E-state index < -0.39 is 0 Å². The zero-order valence-corrected chi connectivity index (χ0v) is 17.2. The molecule has 154 valence electrons. The summed E-state index contributed by atoms with van der Waals surface area (Å²) in [5.74, 6) is 2.74. The molecular weight excluding hydrogens is 380 g/mol. The van der Waals surface area contributed by atoms with E-state index in [1.165, 1.54) is 0 Å². The number of hydrogen-bond donors (Lipinski definition) is 2. The van der Waals surface area contributed by atoms with Crippen molar-refractivity contribution in [3.8, 4) is 11.5 Å². The highest BCUT2D eigenvalue weighted by atomic mass is 16.5. The fourth-order valence-electron chi connectivity index (χ4n) is 3.56. The van der Waals surface area contributed by atoms with Crippen molar-refractivity contribution in [3.63, 3.8) is 0 Å². The van der Waals surface area contributed by atoms with Crippen molar-refractivity contribution in [1.82, 2.24) is 9.97 Å². The molecule has 2 N–H and O–H groups in total. The minimum atomic E-state index is 0.0627. The van der Waals surface area contributed by atoms with Crippen LogP contribution in [0.2, 0.25) is 0 Å². The van der Waals surface area contributed by atoms with Gasteiger partial charge in [-0.05, 0) is 48.7 Å². The molecule has 30 heavy (non-hydrogen) atoms. The van der Waals surface area contributed by atoms with E-state index >= 15 is 0 Å². The summed E-state index contributed by atoms with van der Waals surface area (Å²) < 4.78 is 10.5. The maximum Gasteiger partial charge on any atom is 0.229 e. The fourth-order valence-corrected chi connectivity index (χ4v) is 3.56. The number of ketones is 1. The van der Waals surface area contributed by atoms with Gasteiger partial charge in [-0.25, -0.2) is 4.98 Å². The summed E-state index contributed by atoms with van der Waals surface area (Å²) in [4.78, 5) is 22.1. The van der Waals surface area contributed by atoms with Crippen LogP contribution in [0.15, 0.2) is 48.5 Å². The highest BCUT2D eigenvalue weighted by molar-refractivity contribution is 6.03. The summed E-state index contributed by atoms with van der Waals surface area (Å²) in [7, 11) is 3.25. The summed E-state index contributed by atoms with van der Waals surface area (Å²) in [6.07, 6.45) is 1.23. The molecule has 3 aromatic rings. The number of nitrogens with one attached hydrogen (secondary N) is 2. The van der Waals surface area contributed by atoms with Crippen LogP contribution >= 0.6 is 0 Å². The molecule has 1 aliphatic carbocycles. The van der Waals surface area contributed by atoms with Crippen molar-refractivity contribution in [2.75, 3.05) is 24.9 Å². The molecule has 7 nitrogen and oxygen atoms in total. The fraction of sp³-hybridized carbons (Fsp3) is 0.261. The highest BCUT2D eigenvalue weighted by Crippen LogP contribution is 2.32. The van der Waals surface area contributed by atoms with Gasteiger partial charge in [0.05, 0.1) is 25.5 Å². The lowest BCUT2D eigenvalue weighted by Crippen LogP contribution is -2.22. The number of aromatic nitrogens is 2. The van der Waals surface area contributed by atoms with Crippen LogP contribution in [0.5, 0.6) is 11.5 Å². The Labute approximate surface area is 175 Å². The second-order valence-electron chi connectivity index (χ2n) is 7.36. The summed E-state index contributed by atoms with van der Waals surface area (Å²) in [6, 6.07) is 15.0. The zero-order valence-electron chi connectivity index (χ0n) is 17.2. The number of benzene rings is 2. The van der Waals surface area contributed by atoms with Gasteiger partial charge in [-0.2, -0.15) is 4.98 Å². The van der Waals surface area contributed by atoms with Crippen LogP contribution in [-0.2, 0) is 6.42 Å². The standard InChI is InChI=1S/C23H24N4O3/c1-14-11-19-21(20(28)12-14)22(24-15-7-9-17(29-2)10-8-15)27-23(26-19)25-16-5-4-6-18(13-16)30-3/h4-10,13-14H,11-12H2,1-3H3,(H2,24,25,26,27). The predicted molar refractivity (Wildman–Crippen MR) is 116 cm³/mol. The maximum absolute atomic E-state index is 12.8. The van der Waals surface area contributed by atoms with Gasteiger partial charge < -0.3 is 20.1 Å². The van der Waals surface area contributed by atoms with E-state index in [1.807, 2.05) is 48.5 Å². The van der Waals surface area contributed by atoms with Crippen LogP contribution in [-0.4, -0.2) is 30.0 Å². The first-order valence-electron chi connectivity index (χ1n) is 9.82. The molecule has 0 bridgehead atoms. The maximum atomic E-state index is 12.8. The number of fused-ring (bicyclic) bond motifs is 1. The Bertz CT molecular complexity index is 1070. The predicted octanol–water partition coefficient (Wildman–Crippen LogP) is 4.75. The first-order chi connectivity index (χ1) is 14.6. The molecule has 0 radical (unpaired) electrons. The van der Waals surface area contributed by atoms with Crippen molar-refractivity contribution in [1.29, 1.82) is 0 Å². The van der Waals surface area contributed by atoms with E-state index in [0.717, 1.165) is 35.0 Å². The number of hydrogen-bond acceptors (Lipinski definition) is 7. The van der Waals surface area contributed by atoms with E-state index in [4.69, 9.17) is 9.47 Å². The van der Waals surface area contributed by atoms with Crippen molar-refractivity contribution in [3.05, 3.63) is 59.8 Å². The van der Waals surface area contributed by atoms with Crippen LogP contribution in [0, 0.1) is 5.92 Å². The third-order valence-electron chi connectivity index (χ3n) is 5.02. The van der Waals surface area contributed by atoms with Crippen molar-refractivity contribution in [2.24, 2.45) is 5.92 Å². The number of Topliss-reactive ketones (excluding diaryl/α,β-unsaturated/α-hetero) is 1. The van der Waals surface area contributed by atoms with Gasteiger partial charge >= 0.3 is 0 Å². The molecule has 1 heterocycles. The van der Waals surface area contributed by atoms with Crippen molar-refractivity contribution in [2.45, 2.75) is 19.8 Å². The first-order valence-corrected chi connectivity index (χ1v) is 9.82. The number of rotatable bonds is 6. The van der Waals surface area contributed by atoms with Crippen LogP contribution in [0.4, 0.5) is 23.1 Å². The normalized spacial score (nSPS) is 15.3. The van der Waals surface area contributed by atoms with Gasteiger partial charge in [0.1, 0.15) is 17.3 Å². The average molecular weight is 404 g/mol. The summed E-state index contributed by atoms with van der Waals surface area (Å²) in [5.41, 5.74) is 2.95. The smallest absolute Gasteiger partial charge is 0.229 e. The van der Waals surface area contributed by atoms with Gasteiger partial charge in [-0.1, -0.05) is 13.0 Å². The topological polar surface area (TPSA) is 85.4 Å². The van der Waals surface area contributed by atoms with Gasteiger partial charge in [0.15, 0.2) is 5.78 Å². The zero-order chi connectivity index (χ0) is 21.1. The monoisotopic (exact) mass is 404 g/mol. The molecule has 1 aromatic heterocycles. The minimum Gasteiger partial charge on any atom is -0.497 e. The molecule has 1 aliphatic rings. The first kappa shape index (κ1) is 19.7. The summed E-state index contributed by atoms with van der Waals surface area (Å²) in [5, 5.41) is 6.51. The van der Waals surface area contributed by atoms with Gasteiger partial charge in [0, 0.05) is 23.9 Å². The van der Waals surface area contributed by atoms with E-state index in [0.29, 0.717) is 23.8 Å². The quantitative estimate of drug-likeness (QED) is 0.613. The number of carbonyl (C=O) groups is 1. The lowest BCUT2D eigenvalue weighted by molar-refractivity contribution is 0.0953. The highest BCUT2D eigenvalue weighted by Gasteiger charge is 2.28. The van der Waals surface area contributed by atoms with E-state index in [1.54, 1.807) is 14.2 Å². The molecule has 0 amide bonds. The molecular formula is C23H24N4O3. The number of anilines is 4. The van der Waals surface area contributed by atoms with Crippen LogP contribution in [0.3, 0.4) is 0 Å². The van der Waals surface area contributed by atoms with Gasteiger partial charge in [-0.15, -0.1) is 0 Å².